The molecule has 0 spiro atoms. The molecule has 2 fully saturated rings. The molecule has 1 aliphatic carbocycles. The van der Waals surface area contributed by atoms with Gasteiger partial charge in [-0.25, -0.2) is 8.42 Å². The molecule has 1 saturated heterocycles. The van der Waals surface area contributed by atoms with E-state index in [4.69, 9.17) is 0 Å². The van der Waals surface area contributed by atoms with Crippen LogP contribution in [0.2, 0.25) is 0 Å². The number of benzene rings is 2. The first-order chi connectivity index (χ1) is 12.4. The third-order valence-corrected chi connectivity index (χ3v) is 8.05. The Morgan fingerprint density at radius 2 is 1.46 bits per heavy atom. The van der Waals surface area contributed by atoms with Gasteiger partial charge in [-0.2, -0.15) is 4.31 Å². The highest BCUT2D eigenvalue weighted by atomic mass is 79.9. The Morgan fingerprint density at radius 1 is 0.885 bits per heavy atom. The van der Waals surface area contributed by atoms with Crippen molar-refractivity contribution in [2.24, 2.45) is 0 Å². The highest BCUT2D eigenvalue weighted by Gasteiger charge is 2.50. The van der Waals surface area contributed by atoms with Crippen LogP contribution in [0.15, 0.2) is 57.9 Å². The Kier molecular flexibility index (Phi) is 4.72. The molecule has 1 heterocycles. The Bertz CT molecular complexity index is 882. The van der Waals surface area contributed by atoms with Crippen molar-refractivity contribution < 1.29 is 8.42 Å². The van der Waals surface area contributed by atoms with Gasteiger partial charge in [0.15, 0.2) is 0 Å². The maximum atomic E-state index is 12.9. The van der Waals surface area contributed by atoms with E-state index in [9.17, 15) is 8.42 Å². The molecule has 138 valence electrons. The van der Waals surface area contributed by atoms with Crippen LogP contribution in [-0.4, -0.2) is 43.8 Å². The van der Waals surface area contributed by atoms with Crippen LogP contribution < -0.4 is 0 Å². The first-order valence-corrected chi connectivity index (χ1v) is 11.2. The fourth-order valence-corrected chi connectivity index (χ4v) is 5.57. The lowest BCUT2D eigenvalue weighted by atomic mass is 10.0. The lowest BCUT2D eigenvalue weighted by molar-refractivity contribution is 0.121. The third kappa shape index (κ3) is 3.24. The van der Waals surface area contributed by atoms with Crippen LogP contribution in [-0.2, 0) is 15.6 Å². The van der Waals surface area contributed by atoms with Gasteiger partial charge in [-0.1, -0.05) is 45.8 Å². The fraction of sp³-hybridized carbons (Fsp3) is 0.400. The highest BCUT2D eigenvalue weighted by molar-refractivity contribution is 9.10. The Hall–Kier alpha value is -1.21. The summed E-state index contributed by atoms with van der Waals surface area (Å²) in [6.07, 6.45) is 2.30. The van der Waals surface area contributed by atoms with E-state index < -0.39 is 10.0 Å². The van der Waals surface area contributed by atoms with Crippen molar-refractivity contribution in [3.05, 3.63) is 64.1 Å². The Morgan fingerprint density at radius 3 is 2.00 bits per heavy atom. The molecular weight excluding hydrogens is 412 g/mol. The van der Waals surface area contributed by atoms with Gasteiger partial charge in [0.25, 0.3) is 0 Å². The zero-order valence-electron chi connectivity index (χ0n) is 14.9. The number of piperazine rings is 1. The maximum Gasteiger partial charge on any atom is 0.243 e. The molecule has 0 atom stereocenters. The van der Waals surface area contributed by atoms with Crippen LogP contribution in [0, 0.1) is 6.92 Å². The monoisotopic (exact) mass is 434 g/mol. The van der Waals surface area contributed by atoms with Crippen LogP contribution >= 0.6 is 15.9 Å². The van der Waals surface area contributed by atoms with E-state index in [0.29, 0.717) is 18.0 Å². The normalized spacial score (nSPS) is 20.8. The van der Waals surface area contributed by atoms with Crippen LogP contribution in [0.4, 0.5) is 0 Å². The fourth-order valence-electron chi connectivity index (χ4n) is 3.88. The smallest absolute Gasteiger partial charge is 0.243 e. The van der Waals surface area contributed by atoms with E-state index in [0.717, 1.165) is 36.0 Å². The van der Waals surface area contributed by atoms with Gasteiger partial charge >= 0.3 is 0 Å². The minimum Gasteiger partial charge on any atom is -0.291 e. The zero-order valence-corrected chi connectivity index (χ0v) is 17.3. The van der Waals surface area contributed by atoms with Crippen molar-refractivity contribution in [1.29, 1.82) is 0 Å². The minimum absolute atomic E-state index is 0.112. The Balaban J connectivity index is 1.47. The average molecular weight is 435 g/mol. The number of rotatable bonds is 4. The average Bonchev–Trinajstić information content (AvgIpc) is 3.45. The summed E-state index contributed by atoms with van der Waals surface area (Å²) in [5, 5.41) is 0. The molecule has 2 aromatic rings. The molecule has 0 radical (unpaired) electrons. The summed E-state index contributed by atoms with van der Waals surface area (Å²) in [4.78, 5) is 2.86. The molecule has 26 heavy (non-hydrogen) atoms. The molecule has 1 saturated carbocycles. The summed E-state index contributed by atoms with van der Waals surface area (Å²) in [5.74, 6) is 0. The lowest BCUT2D eigenvalue weighted by Gasteiger charge is -2.39. The second-order valence-electron chi connectivity index (χ2n) is 7.24. The molecule has 2 aliphatic rings. The van der Waals surface area contributed by atoms with Crippen LogP contribution in [0.1, 0.15) is 24.0 Å². The van der Waals surface area contributed by atoms with Gasteiger partial charge in [-0.3, -0.25) is 4.90 Å². The summed E-state index contributed by atoms with van der Waals surface area (Å²) in [6.45, 7) is 4.62. The van der Waals surface area contributed by atoms with E-state index in [-0.39, 0.29) is 5.54 Å². The maximum absolute atomic E-state index is 12.9. The van der Waals surface area contributed by atoms with E-state index in [1.54, 1.807) is 16.4 Å². The molecule has 6 heteroatoms. The van der Waals surface area contributed by atoms with Gasteiger partial charge in [0.05, 0.1) is 4.90 Å². The first-order valence-electron chi connectivity index (χ1n) is 9.00. The second-order valence-corrected chi connectivity index (χ2v) is 10.1. The molecule has 0 N–H and O–H groups in total. The molecule has 0 bridgehead atoms. The van der Waals surface area contributed by atoms with Gasteiger partial charge in [0, 0.05) is 36.2 Å². The van der Waals surface area contributed by atoms with Crippen LogP contribution in [0.25, 0.3) is 0 Å². The molecular formula is C20H23BrN2O2S. The van der Waals surface area contributed by atoms with E-state index in [1.165, 1.54) is 5.56 Å². The molecule has 1 aliphatic heterocycles. The number of hydrogen-bond donors (Lipinski definition) is 0. The van der Waals surface area contributed by atoms with Gasteiger partial charge in [-0.15, -0.1) is 0 Å². The first kappa shape index (κ1) is 18.2. The molecule has 0 unspecified atom stereocenters. The highest BCUT2D eigenvalue weighted by Crippen LogP contribution is 2.51. The van der Waals surface area contributed by atoms with Crippen molar-refractivity contribution in [2.45, 2.75) is 30.2 Å². The van der Waals surface area contributed by atoms with Gasteiger partial charge in [0.1, 0.15) is 0 Å². The van der Waals surface area contributed by atoms with Crippen LogP contribution in [0.3, 0.4) is 0 Å². The summed E-state index contributed by atoms with van der Waals surface area (Å²) < 4.78 is 28.5. The van der Waals surface area contributed by atoms with Crippen LogP contribution in [0.5, 0.6) is 0 Å². The predicted molar refractivity (Wildman–Crippen MR) is 107 cm³/mol. The van der Waals surface area contributed by atoms with Crippen molar-refractivity contribution in [2.75, 3.05) is 26.2 Å². The molecule has 0 aromatic heterocycles. The van der Waals surface area contributed by atoms with Crippen molar-refractivity contribution >= 4 is 26.0 Å². The minimum atomic E-state index is -3.40. The molecule has 4 nitrogen and oxygen atoms in total. The largest absolute Gasteiger partial charge is 0.291 e. The second kappa shape index (κ2) is 6.75. The zero-order chi connectivity index (χ0) is 18.4. The third-order valence-electron chi connectivity index (χ3n) is 5.61. The summed E-state index contributed by atoms with van der Waals surface area (Å²) in [7, 11) is -3.40. The number of hydrogen-bond acceptors (Lipinski definition) is 3. The van der Waals surface area contributed by atoms with Crippen molar-refractivity contribution in [3.8, 4) is 0 Å². The quantitative estimate of drug-likeness (QED) is 0.735. The standard InChI is InChI=1S/C20H23BrN2O2S/c1-16-2-8-19(9-3-16)26(24,25)23-14-12-22(13-15-23)20(10-11-20)17-4-6-18(21)7-5-17/h2-9H,10-15H2,1H3. The van der Waals surface area contributed by atoms with E-state index in [1.807, 2.05) is 19.1 Å². The summed E-state index contributed by atoms with van der Waals surface area (Å²) in [5.41, 5.74) is 2.52. The summed E-state index contributed by atoms with van der Waals surface area (Å²) >= 11 is 3.50. The van der Waals surface area contributed by atoms with Gasteiger partial charge in [-0.05, 0) is 49.6 Å². The van der Waals surface area contributed by atoms with E-state index >= 15 is 0 Å². The lowest BCUT2D eigenvalue weighted by Crippen LogP contribution is -2.52. The topological polar surface area (TPSA) is 40.6 Å². The van der Waals surface area contributed by atoms with Crippen molar-refractivity contribution in [1.82, 2.24) is 9.21 Å². The number of aryl methyl sites for hydroxylation is 1. The Labute approximate surface area is 164 Å². The van der Waals surface area contributed by atoms with Gasteiger partial charge in [0.2, 0.25) is 10.0 Å². The number of halogens is 1. The predicted octanol–water partition coefficient (Wildman–Crippen LogP) is 3.75. The molecule has 4 rings (SSSR count). The number of nitrogens with zero attached hydrogens (tertiary/aromatic N) is 2. The number of sulfonamides is 1. The summed E-state index contributed by atoms with van der Waals surface area (Å²) in [6, 6.07) is 15.7. The van der Waals surface area contributed by atoms with E-state index in [2.05, 4.69) is 45.1 Å². The van der Waals surface area contributed by atoms with Gasteiger partial charge < -0.3 is 0 Å². The molecule has 0 amide bonds. The SMILES string of the molecule is Cc1ccc(S(=O)(=O)N2CCN(C3(c4ccc(Br)cc4)CC3)CC2)cc1. The molecule has 2 aromatic carbocycles. The van der Waals surface area contributed by atoms with Crippen molar-refractivity contribution in [3.63, 3.8) is 0 Å².